The third-order valence-electron chi connectivity index (χ3n) is 3.71. The van der Waals surface area contributed by atoms with Crippen LogP contribution in [0, 0.1) is 0 Å². The summed E-state index contributed by atoms with van der Waals surface area (Å²) in [4.78, 5) is 24.1. The van der Waals surface area contributed by atoms with Crippen LogP contribution in [0.2, 0.25) is 0 Å². The monoisotopic (exact) mass is 366 g/mol. The second-order valence-corrected chi connectivity index (χ2v) is 7.82. The molecule has 5 unspecified atom stereocenters. The van der Waals surface area contributed by atoms with E-state index in [4.69, 9.17) is 29.9 Å². The zero-order valence-electron chi connectivity index (χ0n) is 12.4. The maximum absolute atomic E-state index is 12.3. The summed E-state index contributed by atoms with van der Waals surface area (Å²) < 4.78 is 34.8. The molecule has 5 atom stereocenters. The van der Waals surface area contributed by atoms with Crippen LogP contribution in [0.4, 0.5) is 0 Å². The smallest absolute Gasteiger partial charge is 0.347 e. The van der Waals surface area contributed by atoms with Gasteiger partial charge < -0.3 is 4.74 Å². The standard InChI is InChI=1S/C12H16ClN2O7P/c1-3-19-23(18)20-6-7-9(22-23)12(2,13)10(21-7)15-5-4-8(16)14-11(15)17/h4-5,7,9-10H,3,6H2,1-2H3,(H,14,16,17). The maximum atomic E-state index is 12.3. The molecule has 2 fully saturated rings. The van der Waals surface area contributed by atoms with Crippen molar-refractivity contribution in [2.24, 2.45) is 0 Å². The summed E-state index contributed by atoms with van der Waals surface area (Å²) in [6.07, 6.45) is -1.07. The van der Waals surface area contributed by atoms with Crippen molar-refractivity contribution in [3.63, 3.8) is 0 Å². The Morgan fingerprint density at radius 1 is 1.57 bits per heavy atom. The van der Waals surface area contributed by atoms with E-state index in [1.165, 1.54) is 12.3 Å². The first-order valence-corrected chi connectivity index (χ1v) is 8.84. The fraction of sp³-hybridized carbons (Fsp3) is 0.667. The number of aromatic amines is 1. The highest BCUT2D eigenvalue weighted by molar-refractivity contribution is 7.48. The lowest BCUT2D eigenvalue weighted by Crippen LogP contribution is -2.45. The Kier molecular flexibility index (Phi) is 4.29. The fourth-order valence-corrected chi connectivity index (χ4v) is 4.56. The van der Waals surface area contributed by atoms with Gasteiger partial charge in [0.2, 0.25) is 0 Å². The van der Waals surface area contributed by atoms with E-state index < -0.39 is 42.4 Å². The number of phosphoric ester groups is 1. The molecule has 3 rings (SSSR count). The largest absolute Gasteiger partial charge is 0.475 e. The number of hydrogen-bond acceptors (Lipinski definition) is 7. The van der Waals surface area contributed by atoms with Crippen molar-refractivity contribution in [1.29, 1.82) is 0 Å². The van der Waals surface area contributed by atoms with Gasteiger partial charge >= 0.3 is 13.5 Å². The first kappa shape index (κ1) is 16.9. The Bertz CT molecular complexity index is 760. The van der Waals surface area contributed by atoms with Gasteiger partial charge in [0, 0.05) is 12.3 Å². The molecule has 9 nitrogen and oxygen atoms in total. The normalized spacial score (nSPS) is 40.0. The summed E-state index contributed by atoms with van der Waals surface area (Å²) in [6.45, 7) is 3.37. The minimum Gasteiger partial charge on any atom is -0.347 e. The highest BCUT2D eigenvalue weighted by Gasteiger charge is 2.60. The van der Waals surface area contributed by atoms with E-state index in [0.29, 0.717) is 0 Å². The molecule has 2 saturated heterocycles. The molecular weight excluding hydrogens is 351 g/mol. The minimum absolute atomic E-state index is 0.0428. The number of rotatable bonds is 3. The molecule has 1 aromatic heterocycles. The summed E-state index contributed by atoms with van der Waals surface area (Å²) in [5.41, 5.74) is -1.19. The van der Waals surface area contributed by atoms with Crippen LogP contribution in [-0.4, -0.2) is 39.8 Å². The van der Waals surface area contributed by atoms with Crippen molar-refractivity contribution in [3.8, 4) is 0 Å². The van der Waals surface area contributed by atoms with Gasteiger partial charge in [-0.1, -0.05) is 0 Å². The van der Waals surface area contributed by atoms with Gasteiger partial charge in [0.05, 0.1) is 13.2 Å². The van der Waals surface area contributed by atoms with Gasteiger partial charge in [0.25, 0.3) is 5.56 Å². The molecule has 2 aliphatic rings. The number of nitrogens with one attached hydrogen (secondary N) is 1. The lowest BCUT2D eigenvalue weighted by molar-refractivity contribution is -0.0718. The SMILES string of the molecule is CCOP1(=O)OCC2OC(n3ccc(=O)[nH]c3=O)C(C)(Cl)C2O1. The molecule has 11 heteroatoms. The summed E-state index contributed by atoms with van der Waals surface area (Å²) in [7, 11) is -3.71. The average Bonchev–Trinajstić information content (AvgIpc) is 2.71. The predicted octanol–water partition coefficient (Wildman–Crippen LogP) is 0.991. The zero-order chi connectivity index (χ0) is 16.8. The van der Waals surface area contributed by atoms with Crippen LogP contribution in [0.3, 0.4) is 0 Å². The van der Waals surface area contributed by atoms with Crippen LogP contribution in [0.5, 0.6) is 0 Å². The van der Waals surface area contributed by atoms with Crippen molar-refractivity contribution in [3.05, 3.63) is 33.1 Å². The van der Waals surface area contributed by atoms with Crippen molar-refractivity contribution >= 4 is 19.4 Å². The van der Waals surface area contributed by atoms with Crippen LogP contribution in [0.25, 0.3) is 0 Å². The highest BCUT2D eigenvalue weighted by atomic mass is 35.5. The molecule has 3 heterocycles. The molecule has 0 amide bonds. The van der Waals surface area contributed by atoms with E-state index in [1.54, 1.807) is 13.8 Å². The number of H-pyrrole nitrogens is 1. The van der Waals surface area contributed by atoms with E-state index in [9.17, 15) is 14.2 Å². The molecule has 0 saturated carbocycles. The summed E-state index contributed by atoms with van der Waals surface area (Å²) >= 11 is 6.55. The van der Waals surface area contributed by atoms with Crippen LogP contribution >= 0.6 is 19.4 Å². The van der Waals surface area contributed by atoms with Crippen LogP contribution in [0.1, 0.15) is 20.1 Å². The molecule has 0 bridgehead atoms. The number of phosphoric acid groups is 1. The summed E-state index contributed by atoms with van der Waals surface area (Å²) in [6, 6.07) is 1.18. The third-order valence-corrected chi connectivity index (χ3v) is 5.64. The van der Waals surface area contributed by atoms with Gasteiger partial charge in [-0.25, -0.2) is 9.36 Å². The minimum atomic E-state index is -3.71. The number of aromatic nitrogens is 2. The topological polar surface area (TPSA) is 109 Å². The number of fused-ring (bicyclic) bond motifs is 1. The summed E-state index contributed by atoms with van der Waals surface area (Å²) in [5.74, 6) is 0. The Labute approximate surface area is 136 Å². The Hall–Kier alpha value is -0.960. The molecule has 2 aliphatic heterocycles. The zero-order valence-corrected chi connectivity index (χ0v) is 14.1. The molecule has 1 N–H and O–H groups in total. The molecule has 0 spiro atoms. The Morgan fingerprint density at radius 2 is 2.30 bits per heavy atom. The second kappa shape index (κ2) is 5.84. The molecule has 23 heavy (non-hydrogen) atoms. The van der Waals surface area contributed by atoms with Crippen molar-refractivity contribution in [2.45, 2.75) is 37.2 Å². The molecule has 0 aromatic carbocycles. The van der Waals surface area contributed by atoms with Gasteiger partial charge in [-0.3, -0.25) is 27.9 Å². The number of ether oxygens (including phenoxy) is 1. The maximum Gasteiger partial charge on any atom is 0.475 e. The number of hydrogen-bond donors (Lipinski definition) is 1. The van der Waals surface area contributed by atoms with Crippen LogP contribution < -0.4 is 11.2 Å². The first-order valence-electron chi connectivity index (χ1n) is 7.00. The fourth-order valence-electron chi connectivity index (χ4n) is 2.68. The number of alkyl halides is 1. The van der Waals surface area contributed by atoms with Crippen LogP contribution in [-0.2, 0) is 22.9 Å². The Balaban J connectivity index is 1.94. The van der Waals surface area contributed by atoms with Gasteiger partial charge in [0.15, 0.2) is 6.23 Å². The molecule has 0 aliphatic carbocycles. The van der Waals surface area contributed by atoms with Gasteiger partial charge in [-0.05, 0) is 13.8 Å². The van der Waals surface area contributed by atoms with E-state index in [-0.39, 0.29) is 13.2 Å². The number of halogens is 1. The van der Waals surface area contributed by atoms with Crippen molar-refractivity contribution in [1.82, 2.24) is 9.55 Å². The lowest BCUT2D eigenvalue weighted by Gasteiger charge is -2.34. The van der Waals surface area contributed by atoms with E-state index >= 15 is 0 Å². The van der Waals surface area contributed by atoms with Gasteiger partial charge in [0.1, 0.15) is 17.1 Å². The second-order valence-electron chi connectivity index (χ2n) is 5.38. The van der Waals surface area contributed by atoms with Gasteiger partial charge in [-0.15, -0.1) is 11.6 Å². The van der Waals surface area contributed by atoms with Crippen molar-refractivity contribution < 1.29 is 22.9 Å². The molecule has 1 aromatic rings. The summed E-state index contributed by atoms with van der Waals surface area (Å²) in [5, 5.41) is 0. The van der Waals surface area contributed by atoms with E-state index in [0.717, 1.165) is 4.57 Å². The predicted molar refractivity (Wildman–Crippen MR) is 79.5 cm³/mol. The van der Waals surface area contributed by atoms with E-state index in [2.05, 4.69) is 4.98 Å². The lowest BCUT2D eigenvalue weighted by atomic mass is 10.0. The van der Waals surface area contributed by atoms with E-state index in [1.807, 2.05) is 0 Å². The molecular formula is C12H16ClN2O7P. The van der Waals surface area contributed by atoms with Crippen LogP contribution in [0.15, 0.2) is 21.9 Å². The number of nitrogens with zero attached hydrogens (tertiary/aromatic N) is 1. The highest BCUT2D eigenvalue weighted by Crippen LogP contribution is 2.59. The average molecular weight is 367 g/mol. The first-order chi connectivity index (χ1) is 10.8. The molecule has 128 valence electrons. The van der Waals surface area contributed by atoms with Crippen molar-refractivity contribution in [2.75, 3.05) is 13.2 Å². The van der Waals surface area contributed by atoms with Gasteiger partial charge in [-0.2, -0.15) is 0 Å². The third kappa shape index (κ3) is 2.93. The molecule has 0 radical (unpaired) electrons. The quantitative estimate of drug-likeness (QED) is 0.627. The Morgan fingerprint density at radius 3 is 2.96 bits per heavy atom.